The summed E-state index contributed by atoms with van der Waals surface area (Å²) in [6, 6.07) is 9.55. The Morgan fingerprint density at radius 2 is 1.79 bits per heavy atom. The molecule has 0 fully saturated rings. The number of hydrogen-bond acceptors (Lipinski definition) is 4. The molecule has 0 aliphatic carbocycles. The summed E-state index contributed by atoms with van der Waals surface area (Å²) < 4.78 is 5.36. The Kier molecular flexibility index (Phi) is 7.02. The van der Waals surface area contributed by atoms with Crippen molar-refractivity contribution in [3.05, 3.63) is 35.9 Å². The van der Waals surface area contributed by atoms with E-state index in [-0.39, 0.29) is 12.5 Å². The van der Waals surface area contributed by atoms with Crippen LogP contribution in [0.15, 0.2) is 30.3 Å². The van der Waals surface area contributed by atoms with E-state index < -0.39 is 18.3 Å². The number of aliphatic hydroxyl groups is 3. The van der Waals surface area contributed by atoms with Crippen LogP contribution in [-0.4, -0.2) is 34.3 Å². The van der Waals surface area contributed by atoms with Crippen LogP contribution in [0, 0.1) is 11.8 Å². The van der Waals surface area contributed by atoms with Gasteiger partial charge in [0.15, 0.2) is 6.29 Å². The molecule has 4 atom stereocenters. The SMILES string of the molecule is CC[C@H](CO)[C@H](O)[C@@H](C)C(O)OCc1ccccc1. The van der Waals surface area contributed by atoms with E-state index in [9.17, 15) is 10.2 Å². The summed E-state index contributed by atoms with van der Waals surface area (Å²) in [6.45, 7) is 3.83. The van der Waals surface area contributed by atoms with Crippen molar-refractivity contribution in [2.75, 3.05) is 6.61 Å². The third kappa shape index (κ3) is 4.91. The highest BCUT2D eigenvalue weighted by atomic mass is 16.6. The molecule has 0 saturated heterocycles. The molecular weight excluding hydrogens is 244 g/mol. The first kappa shape index (κ1) is 16.1. The van der Waals surface area contributed by atoms with E-state index in [2.05, 4.69) is 0 Å². The zero-order chi connectivity index (χ0) is 14.3. The van der Waals surface area contributed by atoms with Gasteiger partial charge in [0.25, 0.3) is 0 Å². The van der Waals surface area contributed by atoms with E-state index in [4.69, 9.17) is 9.84 Å². The van der Waals surface area contributed by atoms with Crippen LogP contribution in [0.5, 0.6) is 0 Å². The highest BCUT2D eigenvalue weighted by Crippen LogP contribution is 2.20. The van der Waals surface area contributed by atoms with Crippen LogP contribution in [0.2, 0.25) is 0 Å². The van der Waals surface area contributed by atoms with Gasteiger partial charge in [-0.15, -0.1) is 0 Å². The minimum absolute atomic E-state index is 0.0899. The first-order valence-electron chi connectivity index (χ1n) is 6.72. The average molecular weight is 268 g/mol. The third-order valence-corrected chi connectivity index (χ3v) is 3.49. The molecule has 0 amide bonds. The number of benzene rings is 1. The summed E-state index contributed by atoms with van der Waals surface area (Å²) in [5.41, 5.74) is 0.970. The average Bonchev–Trinajstić information content (AvgIpc) is 2.46. The molecule has 3 N–H and O–H groups in total. The van der Waals surface area contributed by atoms with E-state index in [1.807, 2.05) is 37.3 Å². The lowest BCUT2D eigenvalue weighted by Gasteiger charge is -2.28. The second kappa shape index (κ2) is 8.27. The van der Waals surface area contributed by atoms with Gasteiger partial charge in [0, 0.05) is 18.4 Å². The van der Waals surface area contributed by atoms with Gasteiger partial charge in [-0.05, 0) is 12.0 Å². The molecule has 0 aliphatic heterocycles. The maximum atomic E-state index is 10.0. The zero-order valence-electron chi connectivity index (χ0n) is 11.6. The molecule has 1 aromatic carbocycles. The van der Waals surface area contributed by atoms with Gasteiger partial charge in [-0.3, -0.25) is 0 Å². The third-order valence-electron chi connectivity index (χ3n) is 3.49. The largest absolute Gasteiger partial charge is 0.396 e. The lowest BCUT2D eigenvalue weighted by molar-refractivity contribution is -0.168. The highest BCUT2D eigenvalue weighted by Gasteiger charge is 2.28. The second-order valence-electron chi connectivity index (χ2n) is 4.89. The summed E-state index contributed by atoms with van der Waals surface area (Å²) >= 11 is 0. The molecule has 4 nitrogen and oxygen atoms in total. The maximum absolute atomic E-state index is 10.0. The molecule has 1 aromatic rings. The normalized spacial score (nSPS) is 17.7. The van der Waals surface area contributed by atoms with Gasteiger partial charge < -0.3 is 20.1 Å². The summed E-state index contributed by atoms with van der Waals surface area (Å²) in [6.07, 6.45) is -1.16. The minimum atomic E-state index is -1.05. The van der Waals surface area contributed by atoms with Crippen molar-refractivity contribution in [3.63, 3.8) is 0 Å². The molecule has 108 valence electrons. The molecule has 0 radical (unpaired) electrons. The summed E-state index contributed by atoms with van der Waals surface area (Å²) in [5.74, 6) is -0.675. The van der Waals surface area contributed by atoms with Crippen molar-refractivity contribution in [3.8, 4) is 0 Å². The highest BCUT2D eigenvalue weighted by molar-refractivity contribution is 5.13. The molecule has 0 aromatic heterocycles. The van der Waals surface area contributed by atoms with Crippen LogP contribution in [-0.2, 0) is 11.3 Å². The molecule has 19 heavy (non-hydrogen) atoms. The van der Waals surface area contributed by atoms with E-state index >= 15 is 0 Å². The Morgan fingerprint density at radius 3 is 2.32 bits per heavy atom. The molecule has 1 unspecified atom stereocenters. The van der Waals surface area contributed by atoms with E-state index in [1.165, 1.54) is 0 Å². The van der Waals surface area contributed by atoms with Crippen LogP contribution in [0.3, 0.4) is 0 Å². The van der Waals surface area contributed by atoms with Crippen LogP contribution in [0.1, 0.15) is 25.8 Å². The molecule has 1 rings (SSSR count). The number of ether oxygens (including phenoxy) is 1. The Morgan fingerprint density at radius 1 is 1.16 bits per heavy atom. The Balaban J connectivity index is 2.46. The zero-order valence-corrected chi connectivity index (χ0v) is 11.6. The molecule has 0 heterocycles. The Labute approximate surface area is 114 Å². The fourth-order valence-corrected chi connectivity index (χ4v) is 1.98. The predicted molar refractivity (Wildman–Crippen MR) is 73.3 cm³/mol. The number of hydrogen-bond donors (Lipinski definition) is 3. The van der Waals surface area contributed by atoms with Crippen molar-refractivity contribution in [1.82, 2.24) is 0 Å². The van der Waals surface area contributed by atoms with Crippen molar-refractivity contribution in [2.45, 2.75) is 39.3 Å². The van der Waals surface area contributed by atoms with Crippen LogP contribution in [0.4, 0.5) is 0 Å². The quantitative estimate of drug-likeness (QED) is 0.625. The smallest absolute Gasteiger partial charge is 0.160 e. The van der Waals surface area contributed by atoms with Gasteiger partial charge in [-0.2, -0.15) is 0 Å². The summed E-state index contributed by atoms with van der Waals surface area (Å²) in [7, 11) is 0. The molecule has 0 bridgehead atoms. The van der Waals surface area contributed by atoms with Gasteiger partial charge in [-0.1, -0.05) is 44.2 Å². The fourth-order valence-electron chi connectivity index (χ4n) is 1.98. The second-order valence-corrected chi connectivity index (χ2v) is 4.89. The standard InChI is InChI=1S/C15H24O4/c1-3-13(9-16)14(17)11(2)15(18)19-10-12-7-5-4-6-8-12/h4-8,11,13-18H,3,9-10H2,1-2H3/t11-,13-,14-,15?/m1/s1. The lowest BCUT2D eigenvalue weighted by atomic mass is 9.90. The fraction of sp³-hybridized carbons (Fsp3) is 0.600. The number of rotatable bonds is 8. The molecule has 0 aliphatic rings. The van der Waals surface area contributed by atoms with Crippen molar-refractivity contribution in [2.24, 2.45) is 11.8 Å². The molecule has 0 saturated carbocycles. The van der Waals surface area contributed by atoms with E-state index in [1.54, 1.807) is 6.92 Å². The monoisotopic (exact) mass is 268 g/mol. The molecule has 4 heteroatoms. The summed E-state index contributed by atoms with van der Waals surface area (Å²) in [4.78, 5) is 0. The van der Waals surface area contributed by atoms with Crippen LogP contribution < -0.4 is 0 Å². The predicted octanol–water partition coefficient (Wildman–Crippen LogP) is 1.54. The van der Waals surface area contributed by atoms with Gasteiger partial charge >= 0.3 is 0 Å². The Hall–Kier alpha value is -0.940. The van der Waals surface area contributed by atoms with Crippen molar-refractivity contribution >= 4 is 0 Å². The summed E-state index contributed by atoms with van der Waals surface area (Å²) in [5, 5.41) is 29.1. The van der Waals surface area contributed by atoms with Crippen molar-refractivity contribution < 1.29 is 20.1 Å². The molecule has 0 spiro atoms. The van der Waals surface area contributed by atoms with Gasteiger partial charge in [0.05, 0.1) is 12.7 Å². The van der Waals surface area contributed by atoms with Gasteiger partial charge in [0.2, 0.25) is 0 Å². The van der Waals surface area contributed by atoms with Gasteiger partial charge in [-0.25, -0.2) is 0 Å². The number of aliphatic hydroxyl groups excluding tert-OH is 3. The maximum Gasteiger partial charge on any atom is 0.160 e. The van der Waals surface area contributed by atoms with Crippen LogP contribution in [0.25, 0.3) is 0 Å². The minimum Gasteiger partial charge on any atom is -0.396 e. The van der Waals surface area contributed by atoms with Crippen molar-refractivity contribution in [1.29, 1.82) is 0 Å². The molecular formula is C15H24O4. The van der Waals surface area contributed by atoms with Crippen LogP contribution >= 0.6 is 0 Å². The van der Waals surface area contributed by atoms with E-state index in [0.29, 0.717) is 13.0 Å². The van der Waals surface area contributed by atoms with Gasteiger partial charge in [0.1, 0.15) is 0 Å². The Bertz CT molecular complexity index is 337. The van der Waals surface area contributed by atoms with E-state index in [0.717, 1.165) is 5.56 Å². The topological polar surface area (TPSA) is 69.9 Å². The first-order chi connectivity index (χ1) is 9.10. The lowest BCUT2D eigenvalue weighted by Crippen LogP contribution is -2.37. The first-order valence-corrected chi connectivity index (χ1v) is 6.72.